The summed E-state index contributed by atoms with van der Waals surface area (Å²) in [6, 6.07) is 11.1. The summed E-state index contributed by atoms with van der Waals surface area (Å²) in [5, 5.41) is 0.561. The second-order valence-corrected chi connectivity index (χ2v) is 5.20. The number of benzene rings is 2. The zero-order valence-electron chi connectivity index (χ0n) is 11.9. The van der Waals surface area contributed by atoms with Crippen molar-refractivity contribution in [1.29, 1.82) is 0 Å². The molecule has 3 rings (SSSR count). The van der Waals surface area contributed by atoms with Crippen molar-refractivity contribution in [1.82, 2.24) is 9.97 Å². The summed E-state index contributed by atoms with van der Waals surface area (Å²) in [6.07, 6.45) is 2.94. The van der Waals surface area contributed by atoms with Gasteiger partial charge in [-0.3, -0.25) is 4.98 Å². The van der Waals surface area contributed by atoms with E-state index >= 15 is 0 Å². The van der Waals surface area contributed by atoms with Crippen LogP contribution < -0.4 is 4.74 Å². The topological polar surface area (TPSA) is 52.1 Å². The molecule has 0 unspecified atom stereocenters. The lowest BCUT2D eigenvalue weighted by Crippen LogP contribution is -1.92. The molecule has 4 nitrogen and oxygen atoms in total. The molecule has 110 valence electrons. The largest absolute Gasteiger partial charge is 0.497 e. The van der Waals surface area contributed by atoms with Crippen molar-refractivity contribution in [2.75, 3.05) is 7.11 Å². The van der Waals surface area contributed by atoms with Crippen LogP contribution in [0.2, 0.25) is 5.02 Å². The fraction of sp³-hybridized carbons (Fsp3) is 0.118. The van der Waals surface area contributed by atoms with Gasteiger partial charge in [-0.25, -0.2) is 4.98 Å². The van der Waals surface area contributed by atoms with Crippen LogP contribution in [0.25, 0.3) is 22.3 Å². The highest BCUT2D eigenvalue weighted by Gasteiger charge is 2.08. The number of hydrogen-bond acceptors (Lipinski definition) is 4. The third-order valence-electron chi connectivity index (χ3n) is 3.38. The molecule has 0 spiro atoms. The monoisotopic (exact) mass is 312 g/mol. The highest BCUT2D eigenvalue weighted by atomic mass is 35.5. The van der Waals surface area contributed by atoms with Gasteiger partial charge in [0, 0.05) is 12.0 Å². The number of ether oxygens (including phenoxy) is 1. The third-order valence-corrected chi connectivity index (χ3v) is 3.69. The first kappa shape index (κ1) is 14.5. The molecule has 1 heterocycles. The Kier molecular flexibility index (Phi) is 4.02. The number of hydrogen-bond donors (Lipinski definition) is 0. The SMILES string of the molecule is COc1ccc(-c2cnc3cc(CC=O)ccc3n2)c(Cl)c1. The Labute approximate surface area is 132 Å². The zero-order valence-corrected chi connectivity index (χ0v) is 12.7. The number of aromatic nitrogens is 2. The van der Waals surface area contributed by atoms with Crippen molar-refractivity contribution in [3.63, 3.8) is 0 Å². The van der Waals surface area contributed by atoms with E-state index in [-0.39, 0.29) is 0 Å². The molecule has 1 aromatic heterocycles. The Morgan fingerprint density at radius 2 is 2.05 bits per heavy atom. The molecule has 0 aliphatic rings. The van der Waals surface area contributed by atoms with E-state index < -0.39 is 0 Å². The predicted octanol–water partition coefficient (Wildman–Crippen LogP) is 3.70. The molecule has 0 saturated carbocycles. The smallest absolute Gasteiger partial charge is 0.124 e. The van der Waals surface area contributed by atoms with Crippen molar-refractivity contribution in [2.24, 2.45) is 0 Å². The Balaban J connectivity index is 2.05. The minimum Gasteiger partial charge on any atom is -0.497 e. The number of fused-ring (bicyclic) bond motifs is 1. The van der Waals surface area contributed by atoms with Crippen molar-refractivity contribution >= 4 is 28.9 Å². The zero-order chi connectivity index (χ0) is 15.5. The van der Waals surface area contributed by atoms with Gasteiger partial charge in [0.25, 0.3) is 0 Å². The van der Waals surface area contributed by atoms with Gasteiger partial charge < -0.3 is 9.53 Å². The highest BCUT2D eigenvalue weighted by Crippen LogP contribution is 2.30. The number of halogens is 1. The van der Waals surface area contributed by atoms with Crippen LogP contribution >= 0.6 is 11.6 Å². The highest BCUT2D eigenvalue weighted by molar-refractivity contribution is 6.33. The van der Waals surface area contributed by atoms with Gasteiger partial charge >= 0.3 is 0 Å². The molecule has 22 heavy (non-hydrogen) atoms. The van der Waals surface area contributed by atoms with Crippen LogP contribution in [0, 0.1) is 0 Å². The average Bonchev–Trinajstić information content (AvgIpc) is 2.54. The van der Waals surface area contributed by atoms with E-state index in [1.165, 1.54) is 0 Å². The lowest BCUT2D eigenvalue weighted by molar-refractivity contribution is -0.107. The Hall–Kier alpha value is -2.46. The molecule has 0 N–H and O–H groups in total. The molecule has 0 atom stereocenters. The molecule has 0 fully saturated rings. The van der Waals surface area contributed by atoms with E-state index in [1.807, 2.05) is 30.3 Å². The van der Waals surface area contributed by atoms with Gasteiger partial charge in [0.05, 0.1) is 35.1 Å². The van der Waals surface area contributed by atoms with Crippen LogP contribution in [0.4, 0.5) is 0 Å². The quantitative estimate of drug-likeness (QED) is 0.689. The van der Waals surface area contributed by atoms with Gasteiger partial charge in [-0.05, 0) is 35.9 Å². The van der Waals surface area contributed by atoms with Crippen LogP contribution in [0.3, 0.4) is 0 Å². The summed E-state index contributed by atoms with van der Waals surface area (Å²) in [5.41, 5.74) is 3.94. The molecule has 0 radical (unpaired) electrons. The lowest BCUT2D eigenvalue weighted by atomic mass is 10.1. The Morgan fingerprint density at radius 1 is 1.18 bits per heavy atom. The van der Waals surface area contributed by atoms with Crippen molar-refractivity contribution in [3.05, 3.63) is 53.2 Å². The molecule has 0 bridgehead atoms. The van der Waals surface area contributed by atoms with E-state index in [1.54, 1.807) is 19.4 Å². The molecule has 5 heteroatoms. The maximum atomic E-state index is 10.6. The number of methoxy groups -OCH3 is 1. The van der Waals surface area contributed by atoms with Crippen LogP contribution in [0.15, 0.2) is 42.6 Å². The van der Waals surface area contributed by atoms with Crippen LogP contribution in [-0.2, 0) is 11.2 Å². The van der Waals surface area contributed by atoms with Gasteiger partial charge in [-0.15, -0.1) is 0 Å². The fourth-order valence-corrected chi connectivity index (χ4v) is 2.51. The minimum absolute atomic E-state index is 0.379. The first-order chi connectivity index (χ1) is 10.7. The van der Waals surface area contributed by atoms with E-state index in [0.717, 1.165) is 28.4 Å². The Bertz CT molecular complexity index is 849. The van der Waals surface area contributed by atoms with Gasteiger partial charge in [-0.1, -0.05) is 17.7 Å². The first-order valence-electron chi connectivity index (χ1n) is 6.74. The van der Waals surface area contributed by atoms with Crippen LogP contribution in [0.5, 0.6) is 5.75 Å². The van der Waals surface area contributed by atoms with Gasteiger partial charge in [0.1, 0.15) is 12.0 Å². The molecule has 0 saturated heterocycles. The van der Waals surface area contributed by atoms with Gasteiger partial charge in [0.15, 0.2) is 0 Å². The van der Waals surface area contributed by atoms with E-state index in [4.69, 9.17) is 16.3 Å². The maximum Gasteiger partial charge on any atom is 0.124 e. The molecule has 3 aromatic rings. The van der Waals surface area contributed by atoms with Crippen LogP contribution in [-0.4, -0.2) is 23.4 Å². The Morgan fingerprint density at radius 3 is 2.77 bits per heavy atom. The number of rotatable bonds is 4. The molecule has 0 aliphatic heterocycles. The molecule has 0 amide bonds. The van der Waals surface area contributed by atoms with E-state index in [9.17, 15) is 4.79 Å². The second-order valence-electron chi connectivity index (χ2n) is 4.79. The number of aldehydes is 1. The summed E-state index contributed by atoms with van der Waals surface area (Å²) in [6.45, 7) is 0. The number of carbonyl (C=O) groups is 1. The summed E-state index contributed by atoms with van der Waals surface area (Å²) in [5.74, 6) is 0.695. The second kappa shape index (κ2) is 6.12. The van der Waals surface area contributed by atoms with Crippen LogP contribution in [0.1, 0.15) is 5.56 Å². The molecular weight excluding hydrogens is 300 g/mol. The van der Waals surface area contributed by atoms with E-state index in [0.29, 0.717) is 22.9 Å². The minimum atomic E-state index is 0.379. The molecule has 2 aromatic carbocycles. The molecule has 0 aliphatic carbocycles. The van der Waals surface area contributed by atoms with Crippen molar-refractivity contribution < 1.29 is 9.53 Å². The van der Waals surface area contributed by atoms with Crippen molar-refractivity contribution in [3.8, 4) is 17.0 Å². The standard InChI is InChI=1S/C17H13ClN2O2/c1-22-12-3-4-13(14(18)9-12)17-10-19-16-8-11(6-7-21)2-5-15(16)20-17/h2-5,7-10H,6H2,1H3. The fourth-order valence-electron chi connectivity index (χ4n) is 2.24. The summed E-state index contributed by atoms with van der Waals surface area (Å²) < 4.78 is 5.14. The maximum absolute atomic E-state index is 10.6. The third kappa shape index (κ3) is 2.78. The lowest BCUT2D eigenvalue weighted by Gasteiger charge is -2.07. The predicted molar refractivity (Wildman–Crippen MR) is 86.3 cm³/mol. The summed E-state index contributed by atoms with van der Waals surface area (Å²) in [4.78, 5) is 19.6. The normalized spacial score (nSPS) is 10.6. The molecular formula is C17H13ClN2O2. The summed E-state index contributed by atoms with van der Waals surface area (Å²) in [7, 11) is 1.60. The summed E-state index contributed by atoms with van der Waals surface area (Å²) >= 11 is 6.27. The van der Waals surface area contributed by atoms with Gasteiger partial charge in [-0.2, -0.15) is 0 Å². The van der Waals surface area contributed by atoms with E-state index in [2.05, 4.69) is 9.97 Å². The first-order valence-corrected chi connectivity index (χ1v) is 7.12. The van der Waals surface area contributed by atoms with Gasteiger partial charge in [0.2, 0.25) is 0 Å². The van der Waals surface area contributed by atoms with Crippen molar-refractivity contribution in [2.45, 2.75) is 6.42 Å². The number of nitrogens with zero attached hydrogens (tertiary/aromatic N) is 2. The number of carbonyl (C=O) groups excluding carboxylic acids is 1. The average molecular weight is 313 g/mol.